The molecule has 0 spiro atoms. The molecule has 2 fully saturated rings. The molecule has 0 radical (unpaired) electrons. The van der Waals surface area contributed by atoms with Crippen LogP contribution in [0.1, 0.15) is 48.8 Å². The van der Waals surface area contributed by atoms with Crippen LogP contribution in [0, 0.1) is 0 Å². The molecule has 2 aliphatic rings. The van der Waals surface area contributed by atoms with E-state index >= 15 is 0 Å². The number of hydrogen-bond donors (Lipinski definition) is 1. The highest BCUT2D eigenvalue weighted by atomic mass is 19.3. The molecule has 5 nitrogen and oxygen atoms in total. The number of ether oxygens (including phenoxy) is 1. The predicted octanol–water partition coefficient (Wildman–Crippen LogP) is 3.62. The molecular weight excluding hydrogens is 318 g/mol. The molecule has 9 heteroatoms. The second-order valence-corrected chi connectivity index (χ2v) is 6.03. The number of carbonyl (C=O) groups excluding carboxylic acids is 1. The van der Waals surface area contributed by atoms with E-state index in [2.05, 4.69) is 15.2 Å². The molecule has 2 saturated carbocycles. The van der Waals surface area contributed by atoms with Crippen molar-refractivity contribution < 1.29 is 27.1 Å². The summed E-state index contributed by atoms with van der Waals surface area (Å²) in [5, 5.41) is 6.51. The fourth-order valence-electron chi connectivity index (χ4n) is 2.85. The Morgan fingerprint density at radius 2 is 2.13 bits per heavy atom. The van der Waals surface area contributed by atoms with Gasteiger partial charge in [0.1, 0.15) is 5.82 Å². The van der Waals surface area contributed by atoms with E-state index in [-0.39, 0.29) is 18.2 Å². The molecule has 23 heavy (non-hydrogen) atoms. The zero-order chi connectivity index (χ0) is 16.8. The van der Waals surface area contributed by atoms with Gasteiger partial charge < -0.3 is 4.74 Å². The lowest BCUT2D eigenvalue weighted by Crippen LogP contribution is -2.21. The first-order valence-electron chi connectivity index (χ1n) is 7.46. The van der Waals surface area contributed by atoms with Gasteiger partial charge in [-0.3, -0.25) is 10.00 Å². The van der Waals surface area contributed by atoms with Gasteiger partial charge in [0.25, 0.3) is 12.3 Å². The van der Waals surface area contributed by atoms with Crippen molar-refractivity contribution in [1.29, 1.82) is 0 Å². The first kappa shape index (κ1) is 16.1. The van der Waals surface area contributed by atoms with Crippen LogP contribution in [0.4, 0.5) is 28.2 Å². The van der Waals surface area contributed by atoms with Gasteiger partial charge in [-0.2, -0.15) is 5.10 Å². The third-order valence-corrected chi connectivity index (χ3v) is 4.34. The number of aryl methyl sites for hydroxylation is 1. The molecule has 2 aliphatic carbocycles. The molecule has 1 heterocycles. The van der Waals surface area contributed by atoms with E-state index < -0.39 is 31.0 Å². The molecular formula is C14H17F4N3O2. The lowest BCUT2D eigenvalue weighted by atomic mass is 9.79. The van der Waals surface area contributed by atoms with Gasteiger partial charge in [0, 0.05) is 19.0 Å². The van der Waals surface area contributed by atoms with Gasteiger partial charge in [-0.15, -0.1) is 0 Å². The van der Waals surface area contributed by atoms with Gasteiger partial charge in [-0.05, 0) is 18.8 Å². The number of hydrogen-bond acceptors (Lipinski definition) is 3. The van der Waals surface area contributed by atoms with E-state index in [0.717, 1.165) is 19.3 Å². The Bertz CT molecular complexity index is 613. The molecule has 1 amide bonds. The summed E-state index contributed by atoms with van der Waals surface area (Å²) in [6.45, 7) is -1.02. The minimum atomic E-state index is -2.76. The summed E-state index contributed by atoms with van der Waals surface area (Å²) in [5.74, 6) is -3.38. The van der Waals surface area contributed by atoms with Crippen LogP contribution in [-0.2, 0) is 11.8 Å². The van der Waals surface area contributed by atoms with Gasteiger partial charge in [0.05, 0.1) is 11.6 Å². The number of nitrogens with zero attached hydrogens (tertiary/aromatic N) is 2. The highest BCUT2D eigenvalue weighted by Gasteiger charge is 2.60. The van der Waals surface area contributed by atoms with Crippen LogP contribution in [0.25, 0.3) is 0 Å². The molecule has 0 unspecified atom stereocenters. The van der Waals surface area contributed by atoms with E-state index in [0.29, 0.717) is 11.3 Å². The van der Waals surface area contributed by atoms with Crippen molar-refractivity contribution in [3.63, 3.8) is 0 Å². The fourth-order valence-corrected chi connectivity index (χ4v) is 2.85. The first-order chi connectivity index (χ1) is 10.8. The Hall–Kier alpha value is -1.80. The van der Waals surface area contributed by atoms with E-state index in [1.165, 1.54) is 11.7 Å². The molecule has 0 aliphatic heterocycles. The Morgan fingerprint density at radius 1 is 1.48 bits per heavy atom. The summed E-state index contributed by atoms with van der Waals surface area (Å²) in [4.78, 5) is 11.6. The van der Waals surface area contributed by atoms with Gasteiger partial charge in [0.2, 0.25) is 0 Å². The number of carbonyl (C=O) groups is 1. The van der Waals surface area contributed by atoms with E-state index in [1.807, 2.05) is 0 Å². The third-order valence-electron chi connectivity index (χ3n) is 4.34. The Morgan fingerprint density at radius 3 is 2.61 bits per heavy atom. The van der Waals surface area contributed by atoms with Gasteiger partial charge in [-0.1, -0.05) is 6.42 Å². The molecule has 0 aromatic carbocycles. The maximum absolute atomic E-state index is 13.4. The number of nitrogens with one attached hydrogen (secondary N) is 1. The standard InChI is InChI=1S/C14H17F4N3O2/c1-21-12(19-13(22)23-6-9(15)16)10(7-3-2-4-7)11(20-21)8-5-14(8,17)18/h7-9H,2-6H2,1H3,(H,19,22)/t8-/m1/s1. The molecule has 1 atom stereocenters. The second-order valence-electron chi connectivity index (χ2n) is 6.03. The summed E-state index contributed by atoms with van der Waals surface area (Å²) < 4.78 is 56.7. The second kappa shape index (κ2) is 5.68. The monoisotopic (exact) mass is 335 g/mol. The van der Waals surface area contributed by atoms with Crippen molar-refractivity contribution in [2.45, 2.75) is 49.9 Å². The Labute approximate surface area is 130 Å². The predicted molar refractivity (Wildman–Crippen MR) is 73.1 cm³/mol. The smallest absolute Gasteiger partial charge is 0.413 e. The summed E-state index contributed by atoms with van der Waals surface area (Å²) >= 11 is 0. The zero-order valence-electron chi connectivity index (χ0n) is 12.5. The Kier molecular flexibility index (Phi) is 3.97. The quantitative estimate of drug-likeness (QED) is 0.836. The van der Waals surface area contributed by atoms with E-state index in [1.54, 1.807) is 0 Å². The average molecular weight is 335 g/mol. The normalized spacial score (nSPS) is 22.8. The van der Waals surface area contributed by atoms with Crippen molar-refractivity contribution in [2.75, 3.05) is 11.9 Å². The van der Waals surface area contributed by atoms with Crippen LogP contribution in [0.3, 0.4) is 0 Å². The van der Waals surface area contributed by atoms with Crippen molar-refractivity contribution in [1.82, 2.24) is 9.78 Å². The number of amides is 1. The summed E-state index contributed by atoms with van der Waals surface area (Å²) in [5.41, 5.74) is 0.890. The number of rotatable bonds is 5. The minimum Gasteiger partial charge on any atom is -0.443 e. The minimum absolute atomic E-state index is 0.0560. The molecule has 0 saturated heterocycles. The van der Waals surface area contributed by atoms with Crippen LogP contribution in [0.15, 0.2) is 0 Å². The van der Waals surface area contributed by atoms with Crippen LogP contribution in [0.5, 0.6) is 0 Å². The van der Waals surface area contributed by atoms with Gasteiger partial charge >= 0.3 is 6.09 Å². The maximum atomic E-state index is 13.4. The van der Waals surface area contributed by atoms with Crippen LogP contribution in [0.2, 0.25) is 0 Å². The molecule has 1 aromatic rings. The topological polar surface area (TPSA) is 56.2 Å². The highest BCUT2D eigenvalue weighted by Crippen LogP contribution is 2.58. The molecule has 3 rings (SSSR count). The number of halogens is 4. The summed E-state index contributed by atoms with van der Waals surface area (Å²) in [6, 6.07) is 0. The zero-order valence-corrected chi connectivity index (χ0v) is 12.5. The molecule has 0 bridgehead atoms. The molecule has 1 N–H and O–H groups in total. The van der Waals surface area contributed by atoms with E-state index in [9.17, 15) is 22.4 Å². The summed E-state index contributed by atoms with van der Waals surface area (Å²) in [7, 11) is 1.52. The van der Waals surface area contributed by atoms with Crippen molar-refractivity contribution in [2.24, 2.45) is 7.05 Å². The largest absolute Gasteiger partial charge is 0.443 e. The van der Waals surface area contributed by atoms with Crippen LogP contribution >= 0.6 is 0 Å². The Balaban J connectivity index is 1.83. The maximum Gasteiger partial charge on any atom is 0.413 e. The molecule has 1 aromatic heterocycles. The molecule has 128 valence electrons. The van der Waals surface area contributed by atoms with Crippen molar-refractivity contribution in [3.8, 4) is 0 Å². The number of aromatic nitrogens is 2. The third kappa shape index (κ3) is 3.13. The SMILES string of the molecule is Cn1nc([C@H]2CC2(F)F)c(C2CCC2)c1NC(=O)OCC(F)F. The van der Waals surface area contributed by atoms with Crippen LogP contribution in [-0.4, -0.2) is 34.8 Å². The van der Waals surface area contributed by atoms with E-state index in [4.69, 9.17) is 0 Å². The van der Waals surface area contributed by atoms with Gasteiger partial charge in [0.15, 0.2) is 6.61 Å². The number of anilines is 1. The van der Waals surface area contributed by atoms with Crippen molar-refractivity contribution in [3.05, 3.63) is 11.3 Å². The van der Waals surface area contributed by atoms with Gasteiger partial charge in [-0.25, -0.2) is 22.4 Å². The highest BCUT2D eigenvalue weighted by molar-refractivity contribution is 5.85. The lowest BCUT2D eigenvalue weighted by molar-refractivity contribution is 0.0547. The lowest BCUT2D eigenvalue weighted by Gasteiger charge is -2.26. The fraction of sp³-hybridized carbons (Fsp3) is 0.714. The average Bonchev–Trinajstić information content (AvgIpc) is 2.93. The van der Waals surface area contributed by atoms with Crippen LogP contribution < -0.4 is 5.32 Å². The van der Waals surface area contributed by atoms with Crippen molar-refractivity contribution >= 4 is 11.9 Å². The summed E-state index contributed by atoms with van der Waals surface area (Å²) in [6.07, 6.45) is -1.41. The number of alkyl halides is 4. The first-order valence-corrected chi connectivity index (χ1v) is 7.46.